The predicted octanol–water partition coefficient (Wildman–Crippen LogP) is 1.74. The van der Waals surface area contributed by atoms with Crippen LogP contribution in [0.2, 0.25) is 0 Å². The minimum absolute atomic E-state index is 0.238. The second-order valence-electron chi connectivity index (χ2n) is 5.40. The van der Waals surface area contributed by atoms with E-state index in [0.29, 0.717) is 19.4 Å². The molecule has 3 rings (SSSR count). The van der Waals surface area contributed by atoms with Crippen LogP contribution < -0.4 is 5.32 Å². The van der Waals surface area contributed by atoms with E-state index < -0.39 is 16.1 Å². The average molecular weight is 318 g/mol. The first-order valence-corrected chi connectivity index (χ1v) is 8.70. The Labute approximate surface area is 130 Å². The number of nitrogens with zero attached hydrogens (tertiary/aromatic N) is 1. The minimum Gasteiger partial charge on any atom is -0.358 e. The molecule has 1 aliphatic heterocycles. The smallest absolute Gasteiger partial charge is 0.243 e. The third-order valence-corrected chi connectivity index (χ3v) is 5.98. The maximum atomic E-state index is 12.9. The van der Waals surface area contributed by atoms with Crippen molar-refractivity contribution in [1.29, 1.82) is 0 Å². The van der Waals surface area contributed by atoms with Crippen LogP contribution in [-0.4, -0.2) is 38.3 Å². The first-order chi connectivity index (χ1) is 10.5. The van der Waals surface area contributed by atoms with Gasteiger partial charge in [0.1, 0.15) is 6.04 Å². The van der Waals surface area contributed by atoms with Gasteiger partial charge >= 0.3 is 0 Å². The van der Waals surface area contributed by atoms with Crippen LogP contribution in [0.4, 0.5) is 0 Å². The highest BCUT2D eigenvalue weighted by molar-refractivity contribution is 7.89. The Balaban J connectivity index is 2.02. The van der Waals surface area contributed by atoms with E-state index >= 15 is 0 Å². The van der Waals surface area contributed by atoms with Gasteiger partial charge in [0.15, 0.2) is 0 Å². The van der Waals surface area contributed by atoms with Crippen LogP contribution in [0.15, 0.2) is 47.4 Å². The summed E-state index contributed by atoms with van der Waals surface area (Å²) in [5.41, 5.74) is 0. The lowest BCUT2D eigenvalue weighted by molar-refractivity contribution is -0.123. The van der Waals surface area contributed by atoms with Crippen LogP contribution in [0.1, 0.15) is 12.8 Å². The van der Waals surface area contributed by atoms with Crippen molar-refractivity contribution in [1.82, 2.24) is 9.62 Å². The quantitative estimate of drug-likeness (QED) is 0.937. The van der Waals surface area contributed by atoms with Crippen LogP contribution >= 0.6 is 0 Å². The van der Waals surface area contributed by atoms with Gasteiger partial charge in [-0.15, -0.1) is 0 Å². The van der Waals surface area contributed by atoms with Crippen LogP contribution in [0.3, 0.4) is 0 Å². The van der Waals surface area contributed by atoms with Crippen molar-refractivity contribution in [3.63, 3.8) is 0 Å². The summed E-state index contributed by atoms with van der Waals surface area (Å²) in [6.07, 6.45) is 1.26. The maximum Gasteiger partial charge on any atom is 0.243 e. The number of carbonyl (C=O) groups is 1. The summed E-state index contributed by atoms with van der Waals surface area (Å²) >= 11 is 0. The zero-order valence-corrected chi connectivity index (χ0v) is 13.1. The van der Waals surface area contributed by atoms with Gasteiger partial charge in [0.2, 0.25) is 15.9 Å². The molecule has 0 bridgehead atoms. The predicted molar refractivity (Wildman–Crippen MR) is 84.9 cm³/mol. The van der Waals surface area contributed by atoms with Crippen molar-refractivity contribution < 1.29 is 13.2 Å². The lowest BCUT2D eigenvalue weighted by Crippen LogP contribution is -2.44. The van der Waals surface area contributed by atoms with Crippen LogP contribution in [-0.2, 0) is 14.8 Å². The number of hydrogen-bond donors (Lipinski definition) is 1. The number of amides is 1. The largest absolute Gasteiger partial charge is 0.358 e. The Morgan fingerprint density at radius 3 is 2.64 bits per heavy atom. The summed E-state index contributed by atoms with van der Waals surface area (Å²) in [4.78, 5) is 12.1. The number of nitrogens with one attached hydrogen (secondary N) is 1. The molecule has 1 atom stereocenters. The topological polar surface area (TPSA) is 66.5 Å². The van der Waals surface area contributed by atoms with E-state index in [2.05, 4.69) is 5.32 Å². The van der Waals surface area contributed by atoms with Gasteiger partial charge in [-0.25, -0.2) is 8.42 Å². The van der Waals surface area contributed by atoms with Gasteiger partial charge < -0.3 is 5.32 Å². The first-order valence-electron chi connectivity index (χ1n) is 7.26. The van der Waals surface area contributed by atoms with E-state index in [1.165, 1.54) is 11.4 Å². The zero-order valence-electron chi connectivity index (χ0n) is 12.3. The van der Waals surface area contributed by atoms with Gasteiger partial charge in [0.25, 0.3) is 0 Å². The molecular formula is C16H18N2O3S. The van der Waals surface area contributed by atoms with E-state index in [-0.39, 0.29) is 10.8 Å². The minimum atomic E-state index is -3.66. The van der Waals surface area contributed by atoms with E-state index in [9.17, 15) is 13.2 Å². The number of likely N-dealkylation sites (N-methyl/N-ethyl adjacent to an activating group) is 1. The van der Waals surface area contributed by atoms with Crippen molar-refractivity contribution in [3.8, 4) is 0 Å². The van der Waals surface area contributed by atoms with Crippen molar-refractivity contribution in [3.05, 3.63) is 42.5 Å². The first kappa shape index (κ1) is 15.0. The summed E-state index contributed by atoms with van der Waals surface area (Å²) in [5.74, 6) is -0.248. The molecule has 1 aliphatic rings. The van der Waals surface area contributed by atoms with Crippen molar-refractivity contribution >= 4 is 26.7 Å². The van der Waals surface area contributed by atoms with Gasteiger partial charge in [0.05, 0.1) is 4.90 Å². The lowest BCUT2D eigenvalue weighted by atomic mass is 10.1. The van der Waals surface area contributed by atoms with Gasteiger partial charge in [-0.2, -0.15) is 4.31 Å². The van der Waals surface area contributed by atoms with E-state index in [0.717, 1.165) is 10.8 Å². The fraction of sp³-hybridized carbons (Fsp3) is 0.312. The van der Waals surface area contributed by atoms with Gasteiger partial charge in [-0.1, -0.05) is 30.3 Å². The second-order valence-corrected chi connectivity index (χ2v) is 7.29. The standard InChI is InChI=1S/C16H18N2O3S/c1-17-16(19)15-7-4-10-18(15)22(20,21)14-9-8-12-5-2-3-6-13(12)11-14/h2-3,5-6,8-9,11,15H,4,7,10H2,1H3,(H,17,19)/t15-/m1/s1. The van der Waals surface area contributed by atoms with Crippen molar-refractivity contribution in [2.75, 3.05) is 13.6 Å². The number of rotatable bonds is 3. The fourth-order valence-corrected chi connectivity index (χ4v) is 4.61. The molecule has 0 aliphatic carbocycles. The monoisotopic (exact) mass is 318 g/mol. The molecule has 1 N–H and O–H groups in total. The van der Waals surface area contributed by atoms with Crippen LogP contribution in [0.25, 0.3) is 10.8 Å². The van der Waals surface area contributed by atoms with Gasteiger partial charge in [-0.3, -0.25) is 4.79 Å². The van der Waals surface area contributed by atoms with Crippen LogP contribution in [0, 0.1) is 0 Å². The fourth-order valence-electron chi connectivity index (χ4n) is 2.92. The van der Waals surface area contributed by atoms with Gasteiger partial charge in [0, 0.05) is 13.6 Å². The molecule has 116 valence electrons. The van der Waals surface area contributed by atoms with Crippen LogP contribution in [0.5, 0.6) is 0 Å². The number of fused-ring (bicyclic) bond motifs is 1. The molecule has 1 saturated heterocycles. The lowest BCUT2D eigenvalue weighted by Gasteiger charge is -2.22. The van der Waals surface area contributed by atoms with E-state index in [4.69, 9.17) is 0 Å². The summed E-state index contributed by atoms with van der Waals surface area (Å²) in [6, 6.07) is 12.1. The number of carbonyl (C=O) groups excluding carboxylic acids is 1. The molecule has 2 aromatic rings. The molecule has 1 fully saturated rings. The molecule has 0 saturated carbocycles. The number of benzene rings is 2. The Kier molecular flexibility index (Phi) is 3.88. The molecule has 1 amide bonds. The normalized spacial score (nSPS) is 19.4. The number of sulfonamides is 1. The highest BCUT2D eigenvalue weighted by atomic mass is 32.2. The molecule has 0 spiro atoms. The Hall–Kier alpha value is -1.92. The summed E-state index contributed by atoms with van der Waals surface area (Å²) in [6.45, 7) is 0.382. The highest BCUT2D eigenvalue weighted by Crippen LogP contribution is 2.28. The molecule has 5 nitrogen and oxygen atoms in total. The molecule has 2 aromatic carbocycles. The molecule has 6 heteroatoms. The SMILES string of the molecule is CNC(=O)[C@H]1CCCN1S(=O)(=O)c1ccc2ccccc2c1. The zero-order chi connectivity index (χ0) is 15.7. The maximum absolute atomic E-state index is 12.9. The molecular weight excluding hydrogens is 300 g/mol. The third-order valence-electron chi connectivity index (χ3n) is 4.08. The Morgan fingerprint density at radius 1 is 1.18 bits per heavy atom. The molecule has 0 aromatic heterocycles. The van der Waals surface area contributed by atoms with Crippen molar-refractivity contribution in [2.45, 2.75) is 23.8 Å². The molecule has 0 unspecified atom stereocenters. The summed E-state index contributed by atoms with van der Waals surface area (Å²) in [5, 5.41) is 4.41. The highest BCUT2D eigenvalue weighted by Gasteiger charge is 2.38. The van der Waals surface area contributed by atoms with E-state index in [1.54, 1.807) is 18.2 Å². The summed E-state index contributed by atoms with van der Waals surface area (Å²) < 4.78 is 27.0. The Morgan fingerprint density at radius 2 is 1.91 bits per heavy atom. The molecule has 1 heterocycles. The number of hydrogen-bond acceptors (Lipinski definition) is 3. The second kappa shape index (κ2) is 5.70. The molecule has 22 heavy (non-hydrogen) atoms. The average Bonchev–Trinajstić information content (AvgIpc) is 3.04. The molecule has 0 radical (unpaired) electrons. The summed E-state index contributed by atoms with van der Waals surface area (Å²) in [7, 11) is -2.13. The van der Waals surface area contributed by atoms with Gasteiger partial charge in [-0.05, 0) is 35.7 Å². The third kappa shape index (κ3) is 2.48. The van der Waals surface area contributed by atoms with E-state index in [1.807, 2.05) is 24.3 Å². The van der Waals surface area contributed by atoms with Crippen molar-refractivity contribution in [2.24, 2.45) is 0 Å². The Bertz CT molecular complexity index is 817.